The van der Waals surface area contributed by atoms with Gasteiger partial charge in [-0.25, -0.2) is 4.79 Å². The summed E-state index contributed by atoms with van der Waals surface area (Å²) in [5.74, 6) is 0.518. The van der Waals surface area contributed by atoms with E-state index in [9.17, 15) is 9.59 Å². The standard InChI is InChI=1S/C26H30N2O4/c1-26(2,3)32-25(30)28-15-13-19(14-16-28)24(29)27-23(18-9-5-4-6-10-18)22-17-20-11-7-8-12-21(20)31-22/h4-12,17,19,23H,13-16H2,1-3H3,(H,27,29). The molecule has 0 aliphatic carbocycles. The third-order valence-corrected chi connectivity index (χ3v) is 5.67. The van der Waals surface area contributed by atoms with E-state index in [0.29, 0.717) is 31.7 Å². The smallest absolute Gasteiger partial charge is 0.410 e. The molecule has 0 bridgehead atoms. The normalized spacial score (nSPS) is 16.0. The molecule has 168 valence electrons. The zero-order chi connectivity index (χ0) is 22.7. The van der Waals surface area contributed by atoms with E-state index in [1.165, 1.54) is 0 Å². The number of nitrogens with one attached hydrogen (secondary N) is 1. The number of para-hydroxylation sites is 1. The Labute approximate surface area is 188 Å². The number of piperidine rings is 1. The number of carbonyl (C=O) groups excluding carboxylic acids is 2. The van der Waals surface area contributed by atoms with Crippen LogP contribution in [0.2, 0.25) is 0 Å². The van der Waals surface area contributed by atoms with Crippen molar-refractivity contribution in [3.05, 3.63) is 72.0 Å². The number of benzene rings is 2. The van der Waals surface area contributed by atoms with Gasteiger partial charge in [0, 0.05) is 24.4 Å². The highest BCUT2D eigenvalue weighted by Crippen LogP contribution is 2.29. The summed E-state index contributed by atoms with van der Waals surface area (Å²) in [5.41, 5.74) is 1.23. The van der Waals surface area contributed by atoms with Crippen molar-refractivity contribution in [3.8, 4) is 0 Å². The SMILES string of the molecule is CC(C)(C)OC(=O)N1CCC(C(=O)NC(c2ccccc2)c2cc3ccccc3o2)CC1. The fraction of sp³-hybridized carbons (Fsp3) is 0.385. The van der Waals surface area contributed by atoms with E-state index in [2.05, 4.69) is 5.32 Å². The Kier molecular flexibility index (Phi) is 6.21. The Hall–Kier alpha value is -3.28. The van der Waals surface area contributed by atoms with Gasteiger partial charge in [0.15, 0.2) is 0 Å². The molecule has 2 amide bonds. The van der Waals surface area contributed by atoms with Crippen molar-refractivity contribution in [2.75, 3.05) is 13.1 Å². The van der Waals surface area contributed by atoms with Gasteiger partial charge in [-0.05, 0) is 51.3 Å². The summed E-state index contributed by atoms with van der Waals surface area (Å²) in [4.78, 5) is 27.2. The van der Waals surface area contributed by atoms with Crippen LogP contribution in [-0.4, -0.2) is 35.6 Å². The minimum absolute atomic E-state index is 0.0249. The Balaban J connectivity index is 1.46. The van der Waals surface area contributed by atoms with Gasteiger partial charge in [0.05, 0.1) is 0 Å². The maximum absolute atomic E-state index is 13.2. The Morgan fingerprint density at radius 3 is 2.34 bits per heavy atom. The predicted molar refractivity (Wildman–Crippen MR) is 123 cm³/mol. The van der Waals surface area contributed by atoms with Crippen molar-refractivity contribution in [1.82, 2.24) is 10.2 Å². The van der Waals surface area contributed by atoms with E-state index in [4.69, 9.17) is 9.15 Å². The van der Waals surface area contributed by atoms with Crippen molar-refractivity contribution in [2.45, 2.75) is 45.3 Å². The zero-order valence-corrected chi connectivity index (χ0v) is 18.8. The third-order valence-electron chi connectivity index (χ3n) is 5.67. The van der Waals surface area contributed by atoms with E-state index in [0.717, 1.165) is 16.5 Å². The third kappa shape index (κ3) is 5.13. The average molecular weight is 435 g/mol. The fourth-order valence-electron chi connectivity index (χ4n) is 4.02. The molecule has 6 nitrogen and oxygen atoms in total. The molecule has 1 aliphatic rings. The molecule has 0 saturated carbocycles. The molecule has 32 heavy (non-hydrogen) atoms. The van der Waals surface area contributed by atoms with Crippen LogP contribution in [-0.2, 0) is 9.53 Å². The molecule has 1 N–H and O–H groups in total. The summed E-state index contributed by atoms with van der Waals surface area (Å²) in [6.07, 6.45) is 0.889. The molecule has 0 radical (unpaired) electrons. The second-order valence-electron chi connectivity index (χ2n) is 9.28. The number of ether oxygens (including phenoxy) is 1. The number of amides is 2. The van der Waals surface area contributed by atoms with E-state index < -0.39 is 5.60 Å². The van der Waals surface area contributed by atoms with E-state index >= 15 is 0 Å². The van der Waals surface area contributed by atoms with Crippen LogP contribution in [0.1, 0.15) is 51.0 Å². The molecule has 2 aromatic carbocycles. The van der Waals surface area contributed by atoms with Crippen LogP contribution in [0.4, 0.5) is 4.79 Å². The summed E-state index contributed by atoms with van der Waals surface area (Å²) in [6, 6.07) is 19.3. The van der Waals surface area contributed by atoms with Crippen LogP contribution < -0.4 is 5.32 Å². The van der Waals surface area contributed by atoms with Gasteiger partial charge in [-0.2, -0.15) is 0 Å². The summed E-state index contributed by atoms with van der Waals surface area (Å²) in [5, 5.41) is 4.20. The maximum Gasteiger partial charge on any atom is 0.410 e. The number of hydrogen-bond donors (Lipinski definition) is 1. The molecule has 1 saturated heterocycles. The van der Waals surface area contributed by atoms with Gasteiger partial charge in [-0.1, -0.05) is 48.5 Å². The molecular weight excluding hydrogens is 404 g/mol. The summed E-state index contributed by atoms with van der Waals surface area (Å²) in [7, 11) is 0. The number of rotatable bonds is 4. The van der Waals surface area contributed by atoms with Crippen LogP contribution in [0.15, 0.2) is 65.1 Å². The second-order valence-corrected chi connectivity index (χ2v) is 9.28. The van der Waals surface area contributed by atoms with Crippen LogP contribution in [0.5, 0.6) is 0 Å². The number of likely N-dealkylation sites (tertiary alicyclic amines) is 1. The summed E-state index contributed by atoms with van der Waals surface area (Å²) in [6.45, 7) is 6.58. The Morgan fingerprint density at radius 1 is 1.03 bits per heavy atom. The molecule has 4 rings (SSSR count). The van der Waals surface area contributed by atoms with E-state index in [1.807, 2.05) is 81.4 Å². The summed E-state index contributed by atoms with van der Waals surface area (Å²) >= 11 is 0. The average Bonchev–Trinajstić information content (AvgIpc) is 3.21. The zero-order valence-electron chi connectivity index (χ0n) is 18.8. The van der Waals surface area contributed by atoms with Crippen LogP contribution in [0, 0.1) is 5.92 Å². The Bertz CT molecular complexity index is 1040. The fourth-order valence-corrected chi connectivity index (χ4v) is 4.02. The number of nitrogens with zero attached hydrogens (tertiary/aromatic N) is 1. The topological polar surface area (TPSA) is 71.8 Å². The van der Waals surface area contributed by atoms with Crippen molar-refractivity contribution >= 4 is 23.0 Å². The maximum atomic E-state index is 13.2. The van der Waals surface area contributed by atoms with Gasteiger partial charge in [0.2, 0.25) is 5.91 Å². The highest BCUT2D eigenvalue weighted by atomic mass is 16.6. The lowest BCUT2D eigenvalue weighted by Crippen LogP contribution is -2.45. The Morgan fingerprint density at radius 2 is 1.69 bits per heavy atom. The van der Waals surface area contributed by atoms with Crippen molar-refractivity contribution < 1.29 is 18.7 Å². The minimum atomic E-state index is -0.527. The number of hydrogen-bond acceptors (Lipinski definition) is 4. The molecule has 0 spiro atoms. The highest BCUT2D eigenvalue weighted by Gasteiger charge is 2.31. The molecular formula is C26H30N2O4. The monoisotopic (exact) mass is 434 g/mol. The van der Waals surface area contributed by atoms with Gasteiger partial charge >= 0.3 is 6.09 Å². The summed E-state index contributed by atoms with van der Waals surface area (Å²) < 4.78 is 11.5. The first-order chi connectivity index (χ1) is 15.3. The molecule has 3 aromatic rings. The first kappa shape index (κ1) is 21.9. The minimum Gasteiger partial charge on any atom is -0.459 e. The van der Waals surface area contributed by atoms with Gasteiger partial charge in [-0.3, -0.25) is 4.79 Å². The van der Waals surface area contributed by atoms with Gasteiger partial charge in [-0.15, -0.1) is 0 Å². The van der Waals surface area contributed by atoms with Crippen LogP contribution >= 0.6 is 0 Å². The van der Waals surface area contributed by atoms with Crippen molar-refractivity contribution in [1.29, 1.82) is 0 Å². The van der Waals surface area contributed by atoms with E-state index in [1.54, 1.807) is 4.90 Å². The number of fused-ring (bicyclic) bond motifs is 1. The van der Waals surface area contributed by atoms with Crippen LogP contribution in [0.25, 0.3) is 11.0 Å². The molecule has 1 aliphatic heterocycles. The number of carbonyl (C=O) groups is 2. The first-order valence-electron chi connectivity index (χ1n) is 11.1. The lowest BCUT2D eigenvalue weighted by atomic mass is 9.95. The van der Waals surface area contributed by atoms with Crippen molar-refractivity contribution in [3.63, 3.8) is 0 Å². The lowest BCUT2D eigenvalue weighted by molar-refractivity contribution is -0.127. The van der Waals surface area contributed by atoms with Crippen LogP contribution in [0.3, 0.4) is 0 Å². The predicted octanol–water partition coefficient (Wildman–Crippen LogP) is 5.29. The van der Waals surface area contributed by atoms with E-state index in [-0.39, 0.29) is 24.0 Å². The largest absolute Gasteiger partial charge is 0.459 e. The van der Waals surface area contributed by atoms with Crippen molar-refractivity contribution in [2.24, 2.45) is 5.92 Å². The van der Waals surface area contributed by atoms with Gasteiger partial charge < -0.3 is 19.4 Å². The molecule has 6 heteroatoms. The molecule has 1 fully saturated rings. The lowest BCUT2D eigenvalue weighted by Gasteiger charge is -2.33. The first-order valence-corrected chi connectivity index (χ1v) is 11.1. The quantitative estimate of drug-likeness (QED) is 0.606. The molecule has 1 aromatic heterocycles. The second kappa shape index (κ2) is 9.07. The molecule has 2 heterocycles. The highest BCUT2D eigenvalue weighted by molar-refractivity contribution is 5.81. The molecule has 1 atom stereocenters. The number of furan rings is 1. The molecule has 1 unspecified atom stereocenters. The van der Waals surface area contributed by atoms with Gasteiger partial charge in [0.1, 0.15) is 23.0 Å². The van der Waals surface area contributed by atoms with Gasteiger partial charge in [0.25, 0.3) is 0 Å².